The molecule has 0 atom stereocenters. The van der Waals surface area contributed by atoms with E-state index in [-0.39, 0.29) is 19.0 Å². The highest BCUT2D eigenvalue weighted by molar-refractivity contribution is 5.74. The largest absolute Gasteiger partial charge is 0.481 e. The van der Waals surface area contributed by atoms with Crippen molar-refractivity contribution in [2.24, 2.45) is 0 Å². The molecule has 2 amide bonds. The van der Waals surface area contributed by atoms with Gasteiger partial charge < -0.3 is 20.2 Å². The van der Waals surface area contributed by atoms with Gasteiger partial charge in [0.25, 0.3) is 0 Å². The van der Waals surface area contributed by atoms with E-state index in [9.17, 15) is 9.59 Å². The lowest BCUT2D eigenvalue weighted by Gasteiger charge is -2.10. The first-order valence-corrected chi connectivity index (χ1v) is 6.48. The van der Waals surface area contributed by atoms with Crippen LogP contribution in [0.25, 0.3) is 0 Å². The number of hydrogen-bond donors (Lipinski definition) is 3. The van der Waals surface area contributed by atoms with E-state index in [1.807, 2.05) is 6.07 Å². The smallest absolute Gasteiger partial charge is 0.315 e. The lowest BCUT2D eigenvalue weighted by Crippen LogP contribution is -2.34. The molecule has 3 N–H and O–H groups in total. The number of benzene rings is 1. The minimum absolute atomic E-state index is 0.0636. The summed E-state index contributed by atoms with van der Waals surface area (Å²) in [6, 6.07) is 10.3. The lowest BCUT2D eigenvalue weighted by atomic mass is 10.0. The van der Waals surface area contributed by atoms with Crippen LogP contribution < -0.4 is 10.6 Å². The van der Waals surface area contributed by atoms with E-state index in [2.05, 4.69) is 10.6 Å². The number of urea groups is 1. The van der Waals surface area contributed by atoms with E-state index in [0.717, 1.165) is 5.56 Å². The van der Waals surface area contributed by atoms with Crippen molar-refractivity contribution in [1.29, 1.82) is 0 Å². The standard InChI is InChI=1S/C15H16N2O4/c18-14(19)8-11-4-1-2-5-12(11)9-16-15(20)17-10-13-6-3-7-21-13/h1-7H,8-10H2,(H,18,19)(H2,16,17,20). The van der Waals surface area contributed by atoms with Gasteiger partial charge in [0.1, 0.15) is 5.76 Å². The molecule has 1 heterocycles. The quantitative estimate of drug-likeness (QED) is 0.757. The molecule has 0 fully saturated rings. The van der Waals surface area contributed by atoms with Crippen molar-refractivity contribution in [3.05, 3.63) is 59.5 Å². The fourth-order valence-electron chi connectivity index (χ4n) is 1.88. The van der Waals surface area contributed by atoms with Gasteiger partial charge in [0.2, 0.25) is 0 Å². The van der Waals surface area contributed by atoms with Crippen molar-refractivity contribution < 1.29 is 19.1 Å². The summed E-state index contributed by atoms with van der Waals surface area (Å²) >= 11 is 0. The minimum Gasteiger partial charge on any atom is -0.481 e. The maximum Gasteiger partial charge on any atom is 0.315 e. The highest BCUT2D eigenvalue weighted by atomic mass is 16.4. The predicted octanol–water partition coefficient (Wildman–Crippen LogP) is 1.91. The molecule has 2 rings (SSSR count). The van der Waals surface area contributed by atoms with Crippen molar-refractivity contribution >= 4 is 12.0 Å². The van der Waals surface area contributed by atoms with Crippen LogP contribution in [0, 0.1) is 0 Å². The van der Waals surface area contributed by atoms with Gasteiger partial charge in [0.05, 0.1) is 19.2 Å². The maximum atomic E-state index is 11.7. The fourth-order valence-corrected chi connectivity index (χ4v) is 1.88. The van der Waals surface area contributed by atoms with Gasteiger partial charge in [-0.3, -0.25) is 4.79 Å². The number of amides is 2. The molecule has 1 aromatic heterocycles. The molecule has 0 aliphatic carbocycles. The number of hydrogen-bond acceptors (Lipinski definition) is 3. The first kappa shape index (κ1) is 14.6. The monoisotopic (exact) mass is 288 g/mol. The molecular formula is C15H16N2O4. The number of aliphatic carboxylic acids is 1. The molecule has 6 heteroatoms. The zero-order chi connectivity index (χ0) is 15.1. The van der Waals surface area contributed by atoms with E-state index >= 15 is 0 Å². The Morgan fingerprint density at radius 2 is 1.71 bits per heavy atom. The van der Waals surface area contributed by atoms with Crippen molar-refractivity contribution in [2.75, 3.05) is 0 Å². The number of carbonyl (C=O) groups excluding carboxylic acids is 1. The zero-order valence-corrected chi connectivity index (χ0v) is 11.3. The lowest BCUT2D eigenvalue weighted by molar-refractivity contribution is -0.136. The molecule has 1 aromatic carbocycles. The third-order valence-electron chi connectivity index (χ3n) is 2.90. The third kappa shape index (κ3) is 4.68. The normalized spacial score (nSPS) is 10.1. The Bertz CT molecular complexity index is 608. The van der Waals surface area contributed by atoms with Crippen LogP contribution in [0.3, 0.4) is 0 Å². The number of carboxylic acid groups (broad SMARTS) is 1. The van der Waals surface area contributed by atoms with Gasteiger partial charge in [0.15, 0.2) is 0 Å². The molecule has 0 radical (unpaired) electrons. The number of rotatable bonds is 6. The molecule has 0 saturated heterocycles. The van der Waals surface area contributed by atoms with Crippen LogP contribution in [-0.2, 0) is 24.3 Å². The Morgan fingerprint density at radius 3 is 2.38 bits per heavy atom. The zero-order valence-electron chi connectivity index (χ0n) is 11.3. The highest BCUT2D eigenvalue weighted by Gasteiger charge is 2.07. The van der Waals surface area contributed by atoms with Gasteiger partial charge in [-0.15, -0.1) is 0 Å². The van der Waals surface area contributed by atoms with Crippen molar-refractivity contribution in [1.82, 2.24) is 10.6 Å². The molecule has 21 heavy (non-hydrogen) atoms. The van der Waals surface area contributed by atoms with Crippen LogP contribution >= 0.6 is 0 Å². The van der Waals surface area contributed by atoms with E-state index in [0.29, 0.717) is 17.9 Å². The molecule has 6 nitrogen and oxygen atoms in total. The maximum absolute atomic E-state index is 11.7. The Labute approximate surface area is 121 Å². The average Bonchev–Trinajstić information content (AvgIpc) is 2.97. The van der Waals surface area contributed by atoms with Crippen LogP contribution in [0.4, 0.5) is 4.79 Å². The van der Waals surface area contributed by atoms with Gasteiger partial charge in [-0.05, 0) is 23.3 Å². The third-order valence-corrected chi connectivity index (χ3v) is 2.90. The van der Waals surface area contributed by atoms with Gasteiger partial charge in [-0.25, -0.2) is 4.79 Å². The summed E-state index contributed by atoms with van der Waals surface area (Å²) in [6.07, 6.45) is 1.48. The van der Waals surface area contributed by atoms with Crippen LogP contribution in [0.1, 0.15) is 16.9 Å². The van der Waals surface area contributed by atoms with Gasteiger partial charge in [0, 0.05) is 6.54 Å². The second-order valence-electron chi connectivity index (χ2n) is 4.45. The van der Waals surface area contributed by atoms with Crippen molar-refractivity contribution in [2.45, 2.75) is 19.5 Å². The van der Waals surface area contributed by atoms with Gasteiger partial charge in [-0.1, -0.05) is 24.3 Å². The van der Waals surface area contributed by atoms with Crippen LogP contribution in [0.2, 0.25) is 0 Å². The molecule has 0 aliphatic rings. The average molecular weight is 288 g/mol. The number of carbonyl (C=O) groups is 2. The van der Waals surface area contributed by atoms with Crippen LogP contribution in [-0.4, -0.2) is 17.1 Å². The summed E-state index contributed by atoms with van der Waals surface area (Å²) in [7, 11) is 0. The Balaban J connectivity index is 1.84. The summed E-state index contributed by atoms with van der Waals surface area (Å²) in [4.78, 5) is 22.4. The number of furan rings is 1. The summed E-state index contributed by atoms with van der Waals surface area (Å²) in [5.41, 5.74) is 1.48. The number of carboxylic acids is 1. The Morgan fingerprint density at radius 1 is 1.00 bits per heavy atom. The van der Waals surface area contributed by atoms with Crippen molar-refractivity contribution in [3.63, 3.8) is 0 Å². The topological polar surface area (TPSA) is 91.6 Å². The second-order valence-corrected chi connectivity index (χ2v) is 4.45. The Kier molecular flexibility index (Phi) is 4.98. The van der Waals surface area contributed by atoms with Crippen molar-refractivity contribution in [3.8, 4) is 0 Å². The molecule has 0 saturated carbocycles. The summed E-state index contributed by atoms with van der Waals surface area (Å²) in [6.45, 7) is 0.572. The SMILES string of the molecule is O=C(O)Cc1ccccc1CNC(=O)NCc1ccco1. The molecular weight excluding hydrogens is 272 g/mol. The summed E-state index contributed by atoms with van der Waals surface area (Å²) in [5.74, 6) is -0.235. The van der Waals surface area contributed by atoms with Gasteiger partial charge in [-0.2, -0.15) is 0 Å². The minimum atomic E-state index is -0.898. The van der Waals surface area contributed by atoms with E-state index in [1.54, 1.807) is 30.3 Å². The van der Waals surface area contributed by atoms with E-state index in [1.165, 1.54) is 6.26 Å². The second kappa shape index (κ2) is 7.14. The number of nitrogens with one attached hydrogen (secondary N) is 2. The molecule has 110 valence electrons. The summed E-state index contributed by atoms with van der Waals surface area (Å²) < 4.78 is 5.10. The molecule has 0 spiro atoms. The summed E-state index contributed by atoms with van der Waals surface area (Å²) in [5, 5.41) is 14.2. The predicted molar refractivity (Wildman–Crippen MR) is 75.6 cm³/mol. The molecule has 0 bridgehead atoms. The first-order valence-electron chi connectivity index (χ1n) is 6.48. The fraction of sp³-hybridized carbons (Fsp3) is 0.200. The van der Waals surface area contributed by atoms with Gasteiger partial charge >= 0.3 is 12.0 Å². The van der Waals surface area contributed by atoms with Crippen LogP contribution in [0.15, 0.2) is 47.1 Å². The highest BCUT2D eigenvalue weighted by Crippen LogP contribution is 2.09. The Hall–Kier alpha value is -2.76. The first-order chi connectivity index (χ1) is 10.1. The molecule has 2 aromatic rings. The molecule has 0 unspecified atom stereocenters. The van der Waals surface area contributed by atoms with E-state index < -0.39 is 5.97 Å². The van der Waals surface area contributed by atoms with Crippen LogP contribution in [0.5, 0.6) is 0 Å². The molecule has 0 aliphatic heterocycles. The van der Waals surface area contributed by atoms with E-state index in [4.69, 9.17) is 9.52 Å².